The predicted molar refractivity (Wildman–Crippen MR) is 59.2 cm³/mol. The van der Waals surface area contributed by atoms with Gasteiger partial charge in [-0.2, -0.15) is 0 Å². The molecule has 2 aromatic carbocycles. The summed E-state index contributed by atoms with van der Waals surface area (Å²) in [6.07, 6.45) is 2.24. The third-order valence-electron chi connectivity index (χ3n) is 3.13. The first-order chi connectivity index (χ1) is 6.84. The molecule has 0 radical (unpaired) electrons. The lowest BCUT2D eigenvalue weighted by Crippen LogP contribution is -2.04. The van der Waals surface area contributed by atoms with Crippen LogP contribution in [0.2, 0.25) is 0 Å². The molecule has 70 valence electrons. The molecule has 3 rings (SSSR count). The van der Waals surface area contributed by atoms with Gasteiger partial charge in [-0.3, -0.25) is 0 Å². The highest BCUT2D eigenvalue weighted by Crippen LogP contribution is 2.32. The Morgan fingerprint density at radius 2 is 1.79 bits per heavy atom. The SMILES string of the molecule is N[C@H]1CCc2cc3ccccc3cc21. The standard InChI is InChI=1S/C13H13N/c14-13-6-5-11-7-9-3-1-2-4-10(9)8-12(11)13/h1-4,7-8,13H,5-6,14H2/t13-/m0/s1. The molecule has 0 spiro atoms. The van der Waals surface area contributed by atoms with Crippen molar-refractivity contribution < 1.29 is 0 Å². The van der Waals surface area contributed by atoms with Crippen molar-refractivity contribution in [1.29, 1.82) is 0 Å². The number of benzene rings is 2. The summed E-state index contributed by atoms with van der Waals surface area (Å²) < 4.78 is 0. The van der Waals surface area contributed by atoms with Gasteiger partial charge < -0.3 is 5.73 Å². The highest BCUT2D eigenvalue weighted by atomic mass is 14.6. The zero-order valence-corrected chi connectivity index (χ0v) is 8.03. The first-order valence-electron chi connectivity index (χ1n) is 5.12. The third kappa shape index (κ3) is 1.06. The minimum Gasteiger partial charge on any atom is -0.324 e. The smallest absolute Gasteiger partial charge is 0.0300 e. The van der Waals surface area contributed by atoms with Crippen molar-refractivity contribution in [2.45, 2.75) is 18.9 Å². The molecular weight excluding hydrogens is 170 g/mol. The summed E-state index contributed by atoms with van der Waals surface area (Å²) in [6.45, 7) is 0. The van der Waals surface area contributed by atoms with Crippen LogP contribution in [0, 0.1) is 0 Å². The van der Waals surface area contributed by atoms with Crippen LogP contribution in [0.25, 0.3) is 10.8 Å². The van der Waals surface area contributed by atoms with E-state index in [2.05, 4.69) is 36.4 Å². The lowest BCUT2D eigenvalue weighted by Gasteiger charge is -2.06. The van der Waals surface area contributed by atoms with E-state index in [1.807, 2.05) is 0 Å². The summed E-state index contributed by atoms with van der Waals surface area (Å²) in [6, 6.07) is 13.3. The van der Waals surface area contributed by atoms with Gasteiger partial charge in [0.15, 0.2) is 0 Å². The van der Waals surface area contributed by atoms with Crippen LogP contribution in [0.5, 0.6) is 0 Å². The topological polar surface area (TPSA) is 26.0 Å². The van der Waals surface area contributed by atoms with Crippen molar-refractivity contribution >= 4 is 10.8 Å². The van der Waals surface area contributed by atoms with Gasteiger partial charge in [-0.05, 0) is 40.8 Å². The number of hydrogen-bond acceptors (Lipinski definition) is 1. The Morgan fingerprint density at radius 3 is 2.57 bits per heavy atom. The number of rotatable bonds is 0. The monoisotopic (exact) mass is 183 g/mol. The molecule has 0 saturated carbocycles. The first-order valence-corrected chi connectivity index (χ1v) is 5.12. The first kappa shape index (κ1) is 8.01. The Bertz CT molecular complexity index is 488. The highest BCUT2D eigenvalue weighted by Gasteiger charge is 2.18. The maximum absolute atomic E-state index is 6.04. The highest BCUT2D eigenvalue weighted by molar-refractivity contribution is 5.84. The largest absolute Gasteiger partial charge is 0.324 e. The molecule has 0 unspecified atom stereocenters. The summed E-state index contributed by atoms with van der Waals surface area (Å²) in [7, 11) is 0. The van der Waals surface area contributed by atoms with Crippen LogP contribution in [0.1, 0.15) is 23.6 Å². The van der Waals surface area contributed by atoms with Gasteiger partial charge in [-0.1, -0.05) is 30.3 Å². The zero-order valence-electron chi connectivity index (χ0n) is 8.03. The van der Waals surface area contributed by atoms with Crippen molar-refractivity contribution in [3.05, 3.63) is 47.5 Å². The quantitative estimate of drug-likeness (QED) is 0.667. The zero-order chi connectivity index (χ0) is 9.54. The van der Waals surface area contributed by atoms with Crippen LogP contribution < -0.4 is 5.73 Å². The van der Waals surface area contributed by atoms with E-state index >= 15 is 0 Å². The van der Waals surface area contributed by atoms with Crippen molar-refractivity contribution in [2.75, 3.05) is 0 Å². The second-order valence-electron chi connectivity index (χ2n) is 4.04. The molecule has 1 atom stereocenters. The molecule has 1 aliphatic carbocycles. The average molecular weight is 183 g/mol. The number of nitrogens with two attached hydrogens (primary N) is 1. The molecule has 14 heavy (non-hydrogen) atoms. The Kier molecular flexibility index (Phi) is 1.62. The van der Waals surface area contributed by atoms with E-state index in [-0.39, 0.29) is 6.04 Å². The van der Waals surface area contributed by atoms with Crippen LogP contribution in [-0.4, -0.2) is 0 Å². The van der Waals surface area contributed by atoms with Crippen molar-refractivity contribution in [1.82, 2.24) is 0 Å². The third-order valence-corrected chi connectivity index (χ3v) is 3.13. The van der Waals surface area contributed by atoms with Gasteiger partial charge in [0, 0.05) is 6.04 Å². The predicted octanol–water partition coefficient (Wildman–Crippen LogP) is 2.79. The summed E-state index contributed by atoms with van der Waals surface area (Å²) >= 11 is 0. The molecule has 0 fully saturated rings. The summed E-state index contributed by atoms with van der Waals surface area (Å²) in [5, 5.41) is 2.64. The van der Waals surface area contributed by atoms with E-state index in [0.29, 0.717) is 0 Å². The van der Waals surface area contributed by atoms with Gasteiger partial charge >= 0.3 is 0 Å². The van der Waals surface area contributed by atoms with Crippen molar-refractivity contribution in [3.63, 3.8) is 0 Å². The number of aryl methyl sites for hydroxylation is 1. The lowest BCUT2D eigenvalue weighted by molar-refractivity contribution is 0.714. The molecule has 1 aliphatic rings. The van der Waals surface area contributed by atoms with E-state index in [1.54, 1.807) is 0 Å². The second kappa shape index (κ2) is 2.82. The summed E-state index contributed by atoms with van der Waals surface area (Å²) in [4.78, 5) is 0. The van der Waals surface area contributed by atoms with E-state index < -0.39 is 0 Å². The fourth-order valence-electron chi connectivity index (χ4n) is 2.33. The second-order valence-corrected chi connectivity index (χ2v) is 4.04. The van der Waals surface area contributed by atoms with Crippen LogP contribution in [0.15, 0.2) is 36.4 Å². The Hall–Kier alpha value is -1.34. The molecule has 0 aromatic heterocycles. The molecule has 2 N–H and O–H groups in total. The van der Waals surface area contributed by atoms with Crippen LogP contribution in [0.4, 0.5) is 0 Å². The molecular formula is C13H13N. The Balaban J connectivity index is 2.33. The molecule has 0 amide bonds. The number of hydrogen-bond donors (Lipinski definition) is 1. The van der Waals surface area contributed by atoms with E-state index in [9.17, 15) is 0 Å². The molecule has 2 aromatic rings. The summed E-state index contributed by atoms with van der Waals surface area (Å²) in [5.74, 6) is 0. The van der Waals surface area contributed by atoms with E-state index in [1.165, 1.54) is 21.9 Å². The molecule has 0 heterocycles. The maximum atomic E-state index is 6.04. The maximum Gasteiger partial charge on any atom is 0.0300 e. The fraction of sp³-hybridized carbons (Fsp3) is 0.231. The number of fused-ring (bicyclic) bond motifs is 2. The van der Waals surface area contributed by atoms with Gasteiger partial charge in [0.05, 0.1) is 0 Å². The van der Waals surface area contributed by atoms with Crippen molar-refractivity contribution in [3.8, 4) is 0 Å². The molecule has 0 bridgehead atoms. The Morgan fingerprint density at radius 1 is 1.07 bits per heavy atom. The molecule has 0 saturated heterocycles. The van der Waals surface area contributed by atoms with Crippen LogP contribution in [0.3, 0.4) is 0 Å². The van der Waals surface area contributed by atoms with Crippen LogP contribution >= 0.6 is 0 Å². The van der Waals surface area contributed by atoms with Crippen molar-refractivity contribution in [2.24, 2.45) is 5.73 Å². The normalized spacial score (nSPS) is 19.9. The minimum atomic E-state index is 0.259. The average Bonchev–Trinajstić information content (AvgIpc) is 2.57. The lowest BCUT2D eigenvalue weighted by atomic mass is 10.0. The van der Waals surface area contributed by atoms with Gasteiger partial charge in [0.25, 0.3) is 0 Å². The van der Waals surface area contributed by atoms with Gasteiger partial charge in [0.1, 0.15) is 0 Å². The van der Waals surface area contributed by atoms with Gasteiger partial charge in [-0.15, -0.1) is 0 Å². The minimum absolute atomic E-state index is 0.259. The molecule has 1 nitrogen and oxygen atoms in total. The van der Waals surface area contributed by atoms with E-state index in [0.717, 1.165) is 12.8 Å². The summed E-state index contributed by atoms with van der Waals surface area (Å²) in [5.41, 5.74) is 8.83. The van der Waals surface area contributed by atoms with Crippen LogP contribution in [-0.2, 0) is 6.42 Å². The van der Waals surface area contributed by atoms with E-state index in [4.69, 9.17) is 5.73 Å². The fourth-order valence-corrected chi connectivity index (χ4v) is 2.33. The Labute approximate surface area is 83.5 Å². The van der Waals surface area contributed by atoms with Gasteiger partial charge in [-0.25, -0.2) is 0 Å². The van der Waals surface area contributed by atoms with Gasteiger partial charge in [0.2, 0.25) is 0 Å². The molecule has 1 heteroatoms. The molecule has 0 aliphatic heterocycles.